The molecule has 0 aromatic heterocycles. The number of benzene rings is 2. The first-order valence-electron chi connectivity index (χ1n) is 8.80. The minimum Gasteiger partial charge on any atom is -0.493 e. The number of hydrogen-bond donors (Lipinski definition) is 1. The fourth-order valence-corrected chi connectivity index (χ4v) is 3.26. The van der Waals surface area contributed by atoms with Gasteiger partial charge in [-0.15, -0.1) is 0 Å². The van der Waals surface area contributed by atoms with Crippen molar-refractivity contribution in [1.82, 2.24) is 5.32 Å². The summed E-state index contributed by atoms with van der Waals surface area (Å²) in [6.07, 6.45) is 2.53. The van der Waals surface area contributed by atoms with Crippen LogP contribution in [0.3, 0.4) is 0 Å². The normalized spacial score (nSPS) is 14.4. The number of rotatable bonds is 8. The van der Waals surface area contributed by atoms with E-state index in [4.69, 9.17) is 14.2 Å². The van der Waals surface area contributed by atoms with E-state index in [2.05, 4.69) is 17.4 Å². The van der Waals surface area contributed by atoms with Gasteiger partial charge in [0.2, 0.25) is 11.7 Å². The summed E-state index contributed by atoms with van der Waals surface area (Å²) >= 11 is 0. The molecule has 2 aromatic rings. The van der Waals surface area contributed by atoms with Gasteiger partial charge in [0.25, 0.3) is 0 Å². The van der Waals surface area contributed by atoms with Crippen molar-refractivity contribution in [3.8, 4) is 17.2 Å². The summed E-state index contributed by atoms with van der Waals surface area (Å²) in [7, 11) is 4.70. The largest absolute Gasteiger partial charge is 0.493 e. The molecule has 1 aliphatic carbocycles. The maximum atomic E-state index is 12.7. The molecule has 1 N–H and O–H groups in total. The summed E-state index contributed by atoms with van der Waals surface area (Å²) in [6, 6.07) is 13.8. The predicted molar refractivity (Wildman–Crippen MR) is 99.9 cm³/mol. The summed E-state index contributed by atoms with van der Waals surface area (Å²) in [5, 5.41) is 3.19. The van der Waals surface area contributed by atoms with E-state index in [1.807, 2.05) is 24.3 Å². The van der Waals surface area contributed by atoms with Crippen LogP contribution in [-0.4, -0.2) is 27.2 Å². The van der Waals surface area contributed by atoms with E-state index in [1.165, 1.54) is 0 Å². The van der Waals surface area contributed by atoms with Gasteiger partial charge in [-0.25, -0.2) is 0 Å². The fraction of sp³-hybridized carbons (Fsp3) is 0.381. The van der Waals surface area contributed by atoms with Crippen molar-refractivity contribution in [2.45, 2.75) is 25.3 Å². The predicted octanol–water partition coefficient (Wildman–Crippen LogP) is 3.52. The fourth-order valence-electron chi connectivity index (χ4n) is 3.26. The van der Waals surface area contributed by atoms with Gasteiger partial charge in [0, 0.05) is 5.56 Å². The Bertz CT molecular complexity index is 756. The van der Waals surface area contributed by atoms with Crippen LogP contribution in [0.15, 0.2) is 42.5 Å². The molecule has 138 valence electrons. The third-order valence-corrected chi connectivity index (χ3v) is 4.71. The Labute approximate surface area is 154 Å². The minimum absolute atomic E-state index is 0.0312. The minimum atomic E-state index is -0.0312. The average molecular weight is 355 g/mol. The van der Waals surface area contributed by atoms with E-state index in [-0.39, 0.29) is 18.4 Å². The molecule has 1 atom stereocenters. The summed E-state index contributed by atoms with van der Waals surface area (Å²) in [6.45, 7) is 0. The van der Waals surface area contributed by atoms with Crippen LogP contribution in [-0.2, 0) is 11.2 Å². The molecule has 1 unspecified atom stereocenters. The van der Waals surface area contributed by atoms with Crippen LogP contribution in [0.2, 0.25) is 0 Å². The van der Waals surface area contributed by atoms with Gasteiger partial charge in [0.05, 0.1) is 33.8 Å². The average Bonchev–Trinajstić information content (AvgIpc) is 3.51. The quantitative estimate of drug-likeness (QED) is 0.787. The van der Waals surface area contributed by atoms with Gasteiger partial charge in [-0.2, -0.15) is 0 Å². The zero-order valence-corrected chi connectivity index (χ0v) is 15.5. The second-order valence-electron chi connectivity index (χ2n) is 6.46. The van der Waals surface area contributed by atoms with E-state index in [0.29, 0.717) is 23.2 Å². The van der Waals surface area contributed by atoms with Gasteiger partial charge in [-0.05, 0) is 30.4 Å². The number of methoxy groups -OCH3 is 3. The molecule has 3 rings (SSSR count). The number of hydrogen-bond acceptors (Lipinski definition) is 4. The van der Waals surface area contributed by atoms with Gasteiger partial charge >= 0.3 is 0 Å². The molecule has 0 heterocycles. The molecule has 5 heteroatoms. The monoisotopic (exact) mass is 355 g/mol. The van der Waals surface area contributed by atoms with Crippen LogP contribution in [0.5, 0.6) is 17.2 Å². The lowest BCUT2D eigenvalue weighted by Gasteiger charge is -2.20. The van der Waals surface area contributed by atoms with Crippen LogP contribution < -0.4 is 19.5 Å². The van der Waals surface area contributed by atoms with E-state index in [9.17, 15) is 4.79 Å². The molecule has 1 fully saturated rings. The highest BCUT2D eigenvalue weighted by Gasteiger charge is 2.33. The molecule has 5 nitrogen and oxygen atoms in total. The summed E-state index contributed by atoms with van der Waals surface area (Å²) in [5.74, 6) is 2.10. The molecule has 0 spiro atoms. The van der Waals surface area contributed by atoms with Gasteiger partial charge in [0.15, 0.2) is 11.5 Å². The van der Waals surface area contributed by atoms with E-state index in [0.717, 1.165) is 24.0 Å². The highest BCUT2D eigenvalue weighted by molar-refractivity contribution is 5.80. The van der Waals surface area contributed by atoms with Crippen LogP contribution in [0.25, 0.3) is 0 Å². The molecule has 1 amide bonds. The van der Waals surface area contributed by atoms with E-state index < -0.39 is 0 Å². The van der Waals surface area contributed by atoms with Crippen LogP contribution in [0.4, 0.5) is 0 Å². The van der Waals surface area contributed by atoms with Crippen molar-refractivity contribution >= 4 is 5.91 Å². The molecule has 1 saturated carbocycles. The highest BCUT2D eigenvalue weighted by Crippen LogP contribution is 2.42. The van der Waals surface area contributed by atoms with Crippen molar-refractivity contribution in [2.24, 2.45) is 5.92 Å². The first-order valence-corrected chi connectivity index (χ1v) is 8.80. The Kier molecular flexibility index (Phi) is 5.66. The second-order valence-corrected chi connectivity index (χ2v) is 6.46. The highest BCUT2D eigenvalue weighted by atomic mass is 16.5. The Hall–Kier alpha value is -2.69. The summed E-state index contributed by atoms with van der Waals surface area (Å²) in [5.41, 5.74) is 1.92. The Balaban J connectivity index is 1.77. The lowest BCUT2D eigenvalue weighted by molar-refractivity contribution is -0.121. The molecule has 0 saturated heterocycles. The SMILES string of the molecule is COc1ccc(CC(=O)NC(c2ccccc2)C2CC2)c(OC)c1OC. The van der Waals surface area contributed by atoms with Gasteiger partial charge in [0.1, 0.15) is 0 Å². The Morgan fingerprint density at radius 3 is 2.27 bits per heavy atom. The topological polar surface area (TPSA) is 56.8 Å². The first-order chi connectivity index (χ1) is 12.7. The van der Waals surface area contributed by atoms with Crippen molar-refractivity contribution in [3.63, 3.8) is 0 Å². The lowest BCUT2D eigenvalue weighted by Crippen LogP contribution is -2.31. The maximum absolute atomic E-state index is 12.7. The number of amides is 1. The van der Waals surface area contributed by atoms with Crippen molar-refractivity contribution in [1.29, 1.82) is 0 Å². The number of carbonyl (C=O) groups is 1. The molecular formula is C21H25NO4. The Morgan fingerprint density at radius 2 is 1.69 bits per heavy atom. The molecular weight excluding hydrogens is 330 g/mol. The van der Waals surface area contributed by atoms with Crippen LogP contribution >= 0.6 is 0 Å². The number of nitrogens with one attached hydrogen (secondary N) is 1. The maximum Gasteiger partial charge on any atom is 0.225 e. The number of carbonyl (C=O) groups excluding carboxylic acids is 1. The summed E-state index contributed by atoms with van der Waals surface area (Å²) in [4.78, 5) is 12.7. The smallest absolute Gasteiger partial charge is 0.225 e. The summed E-state index contributed by atoms with van der Waals surface area (Å²) < 4.78 is 16.2. The first kappa shape index (κ1) is 18.1. The lowest BCUT2D eigenvalue weighted by atomic mass is 10.0. The van der Waals surface area contributed by atoms with Crippen LogP contribution in [0.1, 0.15) is 30.0 Å². The van der Waals surface area contributed by atoms with Crippen molar-refractivity contribution < 1.29 is 19.0 Å². The zero-order valence-electron chi connectivity index (χ0n) is 15.5. The number of ether oxygens (including phenoxy) is 3. The third kappa shape index (κ3) is 3.93. The molecule has 26 heavy (non-hydrogen) atoms. The molecule has 2 aromatic carbocycles. The zero-order chi connectivity index (χ0) is 18.5. The Morgan fingerprint density at radius 1 is 1.00 bits per heavy atom. The van der Waals surface area contributed by atoms with Crippen molar-refractivity contribution in [3.05, 3.63) is 53.6 Å². The van der Waals surface area contributed by atoms with E-state index in [1.54, 1.807) is 27.4 Å². The van der Waals surface area contributed by atoms with Gasteiger partial charge < -0.3 is 19.5 Å². The molecule has 0 radical (unpaired) electrons. The van der Waals surface area contributed by atoms with Crippen molar-refractivity contribution in [2.75, 3.05) is 21.3 Å². The molecule has 1 aliphatic rings. The van der Waals surface area contributed by atoms with E-state index >= 15 is 0 Å². The second kappa shape index (κ2) is 8.13. The van der Waals surface area contributed by atoms with Gasteiger partial charge in [-0.3, -0.25) is 4.79 Å². The van der Waals surface area contributed by atoms with Gasteiger partial charge in [-0.1, -0.05) is 36.4 Å². The standard InChI is InChI=1S/C21H25NO4/c1-24-17-12-11-16(20(25-2)21(17)26-3)13-18(23)22-19(15-9-10-15)14-7-5-4-6-8-14/h4-8,11-12,15,19H,9-10,13H2,1-3H3,(H,22,23). The molecule has 0 bridgehead atoms. The third-order valence-electron chi connectivity index (χ3n) is 4.71. The van der Waals surface area contributed by atoms with Crippen LogP contribution in [0, 0.1) is 5.92 Å². The molecule has 0 aliphatic heterocycles.